The predicted octanol–water partition coefficient (Wildman–Crippen LogP) is 3.27. The number of ether oxygens (including phenoxy) is 1. The average molecular weight is 340 g/mol. The highest BCUT2D eigenvalue weighted by Gasteiger charge is 2.60. The molecule has 2 heterocycles. The first-order valence-corrected chi connectivity index (χ1v) is 8.14. The third kappa shape index (κ3) is 2.21. The smallest absolute Gasteiger partial charge is 0.325 e. The normalized spacial score (nSPS) is 26.2. The fourth-order valence-electron chi connectivity index (χ4n) is 3.81. The fourth-order valence-corrected chi connectivity index (χ4v) is 3.81. The SMILES string of the molecule is CC(c1ccccc1)N1C(=O)NC(=O)[C@@]12C[C@H](F)Oc1ccccc12. The van der Waals surface area contributed by atoms with Crippen molar-refractivity contribution in [3.05, 3.63) is 65.7 Å². The van der Waals surface area contributed by atoms with Crippen LogP contribution in [0.5, 0.6) is 5.75 Å². The van der Waals surface area contributed by atoms with Crippen molar-refractivity contribution >= 4 is 11.9 Å². The molecule has 0 aliphatic carbocycles. The second-order valence-electron chi connectivity index (χ2n) is 6.30. The molecule has 2 aromatic rings. The molecule has 2 aliphatic rings. The Balaban J connectivity index is 1.89. The van der Waals surface area contributed by atoms with E-state index in [4.69, 9.17) is 4.74 Å². The molecule has 1 spiro atoms. The molecule has 0 saturated carbocycles. The van der Waals surface area contributed by atoms with Crippen molar-refractivity contribution < 1.29 is 18.7 Å². The molecule has 0 aromatic heterocycles. The number of hydrogen-bond acceptors (Lipinski definition) is 3. The first kappa shape index (κ1) is 15.6. The molecule has 3 atom stereocenters. The van der Waals surface area contributed by atoms with Gasteiger partial charge in [-0.1, -0.05) is 48.5 Å². The number of fused-ring (bicyclic) bond motifs is 2. The van der Waals surface area contributed by atoms with Crippen LogP contribution in [-0.2, 0) is 10.3 Å². The van der Waals surface area contributed by atoms with E-state index in [2.05, 4.69) is 5.32 Å². The number of benzene rings is 2. The van der Waals surface area contributed by atoms with Gasteiger partial charge in [0.05, 0.1) is 12.5 Å². The lowest BCUT2D eigenvalue weighted by Crippen LogP contribution is -2.52. The van der Waals surface area contributed by atoms with E-state index in [1.54, 1.807) is 24.3 Å². The van der Waals surface area contributed by atoms with Gasteiger partial charge >= 0.3 is 6.03 Å². The van der Waals surface area contributed by atoms with Crippen LogP contribution in [0.2, 0.25) is 0 Å². The van der Waals surface area contributed by atoms with Gasteiger partial charge in [0.1, 0.15) is 5.75 Å². The number of urea groups is 1. The van der Waals surface area contributed by atoms with E-state index in [0.717, 1.165) is 5.56 Å². The van der Waals surface area contributed by atoms with Crippen LogP contribution >= 0.6 is 0 Å². The molecule has 6 heteroatoms. The second-order valence-corrected chi connectivity index (χ2v) is 6.30. The van der Waals surface area contributed by atoms with Gasteiger partial charge in [0.25, 0.3) is 5.91 Å². The second kappa shape index (κ2) is 5.58. The Morgan fingerprint density at radius 3 is 2.60 bits per heavy atom. The zero-order valence-electron chi connectivity index (χ0n) is 13.6. The number of rotatable bonds is 2. The van der Waals surface area contributed by atoms with Gasteiger partial charge in [0.15, 0.2) is 5.54 Å². The van der Waals surface area contributed by atoms with Crippen LogP contribution in [0.25, 0.3) is 0 Å². The number of nitrogens with one attached hydrogen (secondary N) is 1. The molecule has 1 N–H and O–H groups in total. The summed E-state index contributed by atoms with van der Waals surface area (Å²) in [5.41, 5.74) is -0.0400. The summed E-state index contributed by atoms with van der Waals surface area (Å²) in [5.74, 6) is -0.227. The Morgan fingerprint density at radius 2 is 1.84 bits per heavy atom. The summed E-state index contributed by atoms with van der Waals surface area (Å²) in [7, 11) is 0. The van der Waals surface area contributed by atoms with Gasteiger partial charge in [0.2, 0.25) is 6.36 Å². The molecule has 1 unspecified atom stereocenters. The topological polar surface area (TPSA) is 58.6 Å². The van der Waals surface area contributed by atoms with E-state index in [-0.39, 0.29) is 12.2 Å². The van der Waals surface area contributed by atoms with Crippen molar-refractivity contribution in [3.63, 3.8) is 0 Å². The Morgan fingerprint density at radius 1 is 1.16 bits per heavy atom. The lowest BCUT2D eigenvalue weighted by molar-refractivity contribution is -0.133. The summed E-state index contributed by atoms with van der Waals surface area (Å²) in [4.78, 5) is 26.9. The molecule has 5 nitrogen and oxygen atoms in total. The standard InChI is InChI=1S/C19H17FN2O3/c1-12(13-7-3-2-4-8-13)22-18(24)21-17(23)19(22)11-16(20)25-15-10-6-5-9-14(15)19/h2-10,12,16H,11H2,1H3,(H,21,23,24)/t12?,16-,19+/m1/s1. The summed E-state index contributed by atoms with van der Waals surface area (Å²) in [6.07, 6.45) is -1.91. The number of imide groups is 1. The maximum absolute atomic E-state index is 14.4. The quantitative estimate of drug-likeness (QED) is 0.854. The van der Waals surface area contributed by atoms with Gasteiger partial charge in [0, 0.05) is 5.56 Å². The van der Waals surface area contributed by atoms with E-state index in [1.807, 2.05) is 37.3 Å². The monoisotopic (exact) mass is 340 g/mol. The van der Waals surface area contributed by atoms with Gasteiger partial charge in [-0.05, 0) is 18.6 Å². The Labute approximate surface area is 144 Å². The highest BCUT2D eigenvalue weighted by molar-refractivity contribution is 6.08. The summed E-state index contributed by atoms with van der Waals surface area (Å²) in [5, 5.41) is 2.37. The Kier molecular flexibility index (Phi) is 3.49. The van der Waals surface area contributed by atoms with Crippen molar-refractivity contribution in [2.75, 3.05) is 0 Å². The third-order valence-electron chi connectivity index (χ3n) is 4.94. The summed E-state index contributed by atoms with van der Waals surface area (Å²) in [6, 6.07) is 15.2. The van der Waals surface area contributed by atoms with E-state index in [0.29, 0.717) is 5.56 Å². The Bertz CT molecular complexity index is 842. The Hall–Kier alpha value is -2.89. The molecule has 3 amide bonds. The third-order valence-corrected chi connectivity index (χ3v) is 4.94. The molecule has 1 fully saturated rings. The average Bonchev–Trinajstić information content (AvgIpc) is 2.85. The highest BCUT2D eigenvalue weighted by Crippen LogP contribution is 2.49. The van der Waals surface area contributed by atoms with Crippen LogP contribution in [0.3, 0.4) is 0 Å². The number of amides is 3. The van der Waals surface area contributed by atoms with E-state index in [1.165, 1.54) is 4.90 Å². The minimum absolute atomic E-state index is 0.237. The number of hydrogen-bond donors (Lipinski definition) is 1. The number of carbonyl (C=O) groups is 2. The van der Waals surface area contributed by atoms with Crippen LogP contribution in [-0.4, -0.2) is 23.2 Å². The van der Waals surface area contributed by atoms with Crippen molar-refractivity contribution in [2.45, 2.75) is 31.3 Å². The zero-order valence-corrected chi connectivity index (χ0v) is 13.6. The van der Waals surface area contributed by atoms with Gasteiger partial charge < -0.3 is 4.74 Å². The largest absolute Gasteiger partial charge is 0.460 e. The van der Waals surface area contributed by atoms with Crippen molar-refractivity contribution in [3.8, 4) is 5.75 Å². The van der Waals surface area contributed by atoms with E-state index >= 15 is 0 Å². The first-order chi connectivity index (χ1) is 12.0. The fraction of sp³-hybridized carbons (Fsp3) is 0.263. The number of para-hydroxylation sites is 1. The minimum atomic E-state index is -1.67. The maximum atomic E-state index is 14.4. The van der Waals surface area contributed by atoms with Crippen molar-refractivity contribution in [1.82, 2.24) is 10.2 Å². The first-order valence-electron chi connectivity index (χ1n) is 8.14. The molecule has 25 heavy (non-hydrogen) atoms. The lowest BCUT2D eigenvalue weighted by atomic mass is 9.81. The summed E-state index contributed by atoms with van der Waals surface area (Å²) >= 11 is 0. The predicted molar refractivity (Wildman–Crippen MR) is 88.5 cm³/mol. The summed E-state index contributed by atoms with van der Waals surface area (Å²) < 4.78 is 19.6. The number of alkyl halides is 1. The molecule has 2 aliphatic heterocycles. The highest BCUT2D eigenvalue weighted by atomic mass is 19.1. The summed E-state index contributed by atoms with van der Waals surface area (Å²) in [6.45, 7) is 1.83. The molecule has 2 aromatic carbocycles. The van der Waals surface area contributed by atoms with Gasteiger partial charge in [-0.3, -0.25) is 15.0 Å². The lowest BCUT2D eigenvalue weighted by Gasteiger charge is -2.43. The van der Waals surface area contributed by atoms with Crippen LogP contribution < -0.4 is 10.1 Å². The van der Waals surface area contributed by atoms with Gasteiger partial charge in [-0.2, -0.15) is 0 Å². The van der Waals surface area contributed by atoms with Crippen molar-refractivity contribution in [1.29, 1.82) is 0 Å². The van der Waals surface area contributed by atoms with Crippen LogP contribution in [0, 0.1) is 0 Å². The molecular weight excluding hydrogens is 323 g/mol. The maximum Gasteiger partial charge on any atom is 0.325 e. The minimum Gasteiger partial charge on any atom is -0.460 e. The molecular formula is C19H17FN2O3. The molecule has 1 saturated heterocycles. The van der Waals surface area contributed by atoms with Gasteiger partial charge in [-0.25, -0.2) is 9.18 Å². The number of halogens is 1. The van der Waals surface area contributed by atoms with E-state index < -0.39 is 29.9 Å². The number of nitrogens with zero attached hydrogens (tertiary/aromatic N) is 1. The zero-order chi connectivity index (χ0) is 17.6. The van der Waals surface area contributed by atoms with Gasteiger partial charge in [-0.15, -0.1) is 0 Å². The van der Waals surface area contributed by atoms with Crippen molar-refractivity contribution in [2.24, 2.45) is 0 Å². The van der Waals surface area contributed by atoms with Crippen LogP contribution in [0.15, 0.2) is 54.6 Å². The molecule has 0 bridgehead atoms. The van der Waals surface area contributed by atoms with Crippen LogP contribution in [0.4, 0.5) is 9.18 Å². The molecule has 4 rings (SSSR count). The van der Waals surface area contributed by atoms with Crippen LogP contribution in [0.1, 0.15) is 30.5 Å². The molecule has 128 valence electrons. The number of carbonyl (C=O) groups excluding carboxylic acids is 2. The molecule has 0 radical (unpaired) electrons. The van der Waals surface area contributed by atoms with E-state index in [9.17, 15) is 14.0 Å².